The predicted octanol–water partition coefficient (Wildman–Crippen LogP) is 3.77. The zero-order chi connectivity index (χ0) is 20.7. The summed E-state index contributed by atoms with van der Waals surface area (Å²) in [5.74, 6) is 0.351. The number of para-hydroxylation sites is 1. The van der Waals surface area contributed by atoms with Crippen molar-refractivity contribution in [2.45, 2.75) is 33.8 Å². The lowest BCUT2D eigenvalue weighted by atomic mass is 10.1. The summed E-state index contributed by atoms with van der Waals surface area (Å²) in [5, 5.41) is 10.2. The smallest absolute Gasteiger partial charge is 0.265 e. The first-order valence-corrected chi connectivity index (χ1v) is 9.39. The van der Waals surface area contributed by atoms with Gasteiger partial charge in [0, 0.05) is 6.07 Å². The van der Waals surface area contributed by atoms with Crippen LogP contribution >= 0.6 is 0 Å². The van der Waals surface area contributed by atoms with Crippen molar-refractivity contribution in [3.63, 3.8) is 0 Å². The number of hydrogen-bond donors (Lipinski definition) is 2. The maximum atomic E-state index is 13.1. The second-order valence-electron chi connectivity index (χ2n) is 7.31. The Labute approximate surface area is 168 Å². The van der Waals surface area contributed by atoms with Gasteiger partial charge in [0.2, 0.25) is 0 Å². The van der Waals surface area contributed by atoms with E-state index in [4.69, 9.17) is 4.74 Å². The van der Waals surface area contributed by atoms with Gasteiger partial charge >= 0.3 is 0 Å². The van der Waals surface area contributed by atoms with E-state index >= 15 is 0 Å². The molecule has 0 radical (unpaired) electrons. The quantitative estimate of drug-likeness (QED) is 0.713. The highest BCUT2D eigenvalue weighted by molar-refractivity contribution is 6.09. The Morgan fingerprint density at radius 1 is 1.14 bits per heavy atom. The minimum Gasteiger partial charge on any atom is -0.478 e. The molecule has 2 amide bonds. The number of aromatic nitrogens is 2. The van der Waals surface area contributed by atoms with Crippen LogP contribution in [-0.4, -0.2) is 27.7 Å². The monoisotopic (exact) mass is 390 g/mol. The first-order chi connectivity index (χ1) is 13.8. The number of nitrogens with zero attached hydrogens (tertiary/aromatic N) is 2. The lowest BCUT2D eigenvalue weighted by Crippen LogP contribution is -2.35. The number of carbonyl (C=O) groups excluding carboxylic acids is 2. The highest BCUT2D eigenvalue weighted by atomic mass is 16.5. The molecule has 1 unspecified atom stereocenters. The molecule has 0 fully saturated rings. The largest absolute Gasteiger partial charge is 0.478 e. The van der Waals surface area contributed by atoms with Crippen molar-refractivity contribution in [2.24, 2.45) is 0 Å². The van der Waals surface area contributed by atoms with Crippen LogP contribution in [0.25, 0.3) is 5.69 Å². The molecule has 148 valence electrons. The molecule has 2 aromatic carbocycles. The Balaban J connectivity index is 1.69. The standard InChI is InChI=1S/C22H22N4O3/c1-12-8-13(2)10-16(9-12)26-19(11-14(3)25-26)24-22(28)17-6-5-7-18-20(17)29-15(4)21(27)23-18/h5-11,15H,1-4H3,(H,23,27)(H,24,28). The van der Waals surface area contributed by atoms with E-state index in [2.05, 4.69) is 21.8 Å². The van der Waals surface area contributed by atoms with Gasteiger partial charge in [0.1, 0.15) is 5.82 Å². The van der Waals surface area contributed by atoms with E-state index in [1.54, 1.807) is 29.8 Å². The number of rotatable bonds is 3. The Kier molecular flexibility index (Phi) is 4.58. The van der Waals surface area contributed by atoms with Crippen LogP contribution in [0.5, 0.6) is 5.75 Å². The molecule has 0 saturated heterocycles. The maximum Gasteiger partial charge on any atom is 0.265 e. The fourth-order valence-electron chi connectivity index (χ4n) is 3.45. The van der Waals surface area contributed by atoms with Crippen LogP contribution in [0.1, 0.15) is 34.1 Å². The molecule has 7 heteroatoms. The molecule has 3 aromatic rings. The van der Waals surface area contributed by atoms with E-state index in [0.717, 1.165) is 22.5 Å². The third-order valence-corrected chi connectivity index (χ3v) is 4.71. The zero-order valence-electron chi connectivity index (χ0n) is 16.7. The van der Waals surface area contributed by atoms with Crippen LogP contribution < -0.4 is 15.4 Å². The van der Waals surface area contributed by atoms with E-state index in [0.29, 0.717) is 22.8 Å². The fourth-order valence-corrected chi connectivity index (χ4v) is 3.45. The second kappa shape index (κ2) is 7.09. The van der Waals surface area contributed by atoms with Crippen LogP contribution in [0.2, 0.25) is 0 Å². The van der Waals surface area contributed by atoms with Crippen molar-refractivity contribution in [1.82, 2.24) is 9.78 Å². The molecule has 4 rings (SSSR count). The first kappa shape index (κ1) is 18.7. The van der Waals surface area contributed by atoms with Gasteiger partial charge in [0.25, 0.3) is 11.8 Å². The molecule has 0 bridgehead atoms. The lowest BCUT2D eigenvalue weighted by molar-refractivity contribution is -0.122. The third kappa shape index (κ3) is 3.59. The van der Waals surface area contributed by atoms with Crippen molar-refractivity contribution in [1.29, 1.82) is 0 Å². The summed E-state index contributed by atoms with van der Waals surface area (Å²) in [4.78, 5) is 24.9. The van der Waals surface area contributed by atoms with Crippen molar-refractivity contribution >= 4 is 23.3 Å². The van der Waals surface area contributed by atoms with Crippen molar-refractivity contribution in [2.75, 3.05) is 10.6 Å². The fraction of sp³-hybridized carbons (Fsp3) is 0.227. The summed E-state index contributed by atoms with van der Waals surface area (Å²) in [6.07, 6.45) is -0.667. The molecular weight excluding hydrogens is 368 g/mol. The normalized spacial score (nSPS) is 15.3. The van der Waals surface area contributed by atoms with Crippen LogP contribution in [0.4, 0.5) is 11.5 Å². The zero-order valence-corrected chi connectivity index (χ0v) is 16.7. The number of benzene rings is 2. The van der Waals surface area contributed by atoms with Gasteiger partial charge in [-0.2, -0.15) is 5.10 Å². The number of amides is 2. The summed E-state index contributed by atoms with van der Waals surface area (Å²) < 4.78 is 7.41. The Bertz CT molecular complexity index is 1110. The van der Waals surface area contributed by atoms with Gasteiger partial charge in [-0.25, -0.2) is 4.68 Å². The maximum absolute atomic E-state index is 13.1. The van der Waals surface area contributed by atoms with Gasteiger partial charge in [-0.1, -0.05) is 12.1 Å². The lowest BCUT2D eigenvalue weighted by Gasteiger charge is -2.25. The Hall–Kier alpha value is -3.61. The van der Waals surface area contributed by atoms with E-state index in [9.17, 15) is 9.59 Å². The molecule has 0 aliphatic carbocycles. The van der Waals surface area contributed by atoms with E-state index < -0.39 is 6.10 Å². The number of nitrogens with one attached hydrogen (secondary N) is 2. The van der Waals surface area contributed by atoms with E-state index in [1.165, 1.54) is 0 Å². The van der Waals surface area contributed by atoms with Crippen LogP contribution in [0.15, 0.2) is 42.5 Å². The molecule has 1 aromatic heterocycles. The average molecular weight is 390 g/mol. The van der Waals surface area contributed by atoms with Gasteiger partial charge in [0.15, 0.2) is 11.9 Å². The highest BCUT2D eigenvalue weighted by Gasteiger charge is 2.28. The summed E-state index contributed by atoms with van der Waals surface area (Å²) in [6, 6.07) is 13.0. The number of carbonyl (C=O) groups is 2. The summed E-state index contributed by atoms with van der Waals surface area (Å²) >= 11 is 0. The van der Waals surface area contributed by atoms with E-state index in [1.807, 2.05) is 39.0 Å². The number of hydrogen-bond acceptors (Lipinski definition) is 4. The number of fused-ring (bicyclic) bond motifs is 1. The minimum absolute atomic E-state index is 0.237. The number of anilines is 2. The Morgan fingerprint density at radius 2 is 1.86 bits per heavy atom. The molecule has 1 atom stereocenters. The first-order valence-electron chi connectivity index (χ1n) is 9.39. The molecule has 0 saturated carbocycles. The van der Waals surface area contributed by atoms with Gasteiger partial charge in [-0.15, -0.1) is 0 Å². The molecular formula is C22H22N4O3. The van der Waals surface area contributed by atoms with Crippen LogP contribution in [0.3, 0.4) is 0 Å². The van der Waals surface area contributed by atoms with Gasteiger partial charge in [-0.05, 0) is 63.1 Å². The van der Waals surface area contributed by atoms with E-state index in [-0.39, 0.29) is 11.8 Å². The molecule has 2 heterocycles. The predicted molar refractivity (Wildman–Crippen MR) is 111 cm³/mol. The average Bonchev–Trinajstić information content (AvgIpc) is 3.01. The highest BCUT2D eigenvalue weighted by Crippen LogP contribution is 2.34. The van der Waals surface area contributed by atoms with Gasteiger partial charge in [-0.3, -0.25) is 9.59 Å². The third-order valence-electron chi connectivity index (χ3n) is 4.71. The SMILES string of the molecule is Cc1cc(C)cc(-n2nc(C)cc2NC(=O)c2cccc3c2OC(C)C(=O)N3)c1. The summed E-state index contributed by atoms with van der Waals surface area (Å²) in [7, 11) is 0. The molecule has 1 aliphatic rings. The van der Waals surface area contributed by atoms with Gasteiger partial charge < -0.3 is 15.4 Å². The number of ether oxygens (including phenoxy) is 1. The van der Waals surface area contributed by atoms with Gasteiger partial charge in [0.05, 0.1) is 22.6 Å². The van der Waals surface area contributed by atoms with Crippen molar-refractivity contribution < 1.29 is 14.3 Å². The van der Waals surface area contributed by atoms with Crippen molar-refractivity contribution in [3.8, 4) is 11.4 Å². The van der Waals surface area contributed by atoms with Crippen molar-refractivity contribution in [3.05, 3.63) is 64.8 Å². The molecule has 2 N–H and O–H groups in total. The summed E-state index contributed by atoms with van der Waals surface area (Å²) in [6.45, 7) is 7.56. The second-order valence-corrected chi connectivity index (χ2v) is 7.31. The summed E-state index contributed by atoms with van der Waals surface area (Å²) in [5.41, 5.74) is 4.71. The topological polar surface area (TPSA) is 85.2 Å². The molecule has 7 nitrogen and oxygen atoms in total. The molecule has 1 aliphatic heterocycles. The molecule has 0 spiro atoms. The van der Waals surface area contributed by atoms with Crippen LogP contribution in [-0.2, 0) is 4.79 Å². The van der Waals surface area contributed by atoms with Crippen LogP contribution in [0, 0.1) is 20.8 Å². The Morgan fingerprint density at radius 3 is 2.59 bits per heavy atom. The number of aryl methyl sites for hydroxylation is 3. The molecule has 29 heavy (non-hydrogen) atoms. The minimum atomic E-state index is -0.667.